The molecule has 1 aliphatic heterocycles. The highest BCUT2D eigenvalue weighted by molar-refractivity contribution is 7.70. The lowest BCUT2D eigenvalue weighted by molar-refractivity contribution is 0.0506. The van der Waals surface area contributed by atoms with E-state index in [0.29, 0.717) is 30.1 Å². The van der Waals surface area contributed by atoms with Crippen LogP contribution in [0.5, 0.6) is 0 Å². The average molecular weight is 423 g/mol. The van der Waals surface area contributed by atoms with Crippen molar-refractivity contribution in [3.63, 3.8) is 0 Å². The normalized spacial score (nSPS) is 27.0. The van der Waals surface area contributed by atoms with Gasteiger partial charge in [-0.1, -0.05) is 0 Å². The Bertz CT molecular complexity index is 486. The Hall–Kier alpha value is 0.500. The molecule has 0 aromatic rings. The quantitative estimate of drug-likeness (QED) is 0.447. The summed E-state index contributed by atoms with van der Waals surface area (Å²) >= 11 is 0. The molecule has 1 aliphatic rings. The summed E-state index contributed by atoms with van der Waals surface area (Å²) in [4.78, 5) is 0. The van der Waals surface area contributed by atoms with Gasteiger partial charge in [0.15, 0.2) is 0 Å². The summed E-state index contributed by atoms with van der Waals surface area (Å²) in [5.74, 6) is 0.446. The molecule has 0 radical (unpaired) electrons. The van der Waals surface area contributed by atoms with Crippen molar-refractivity contribution in [2.75, 3.05) is 5.90 Å². The summed E-state index contributed by atoms with van der Waals surface area (Å²) in [5.41, 5.74) is -1.04. The first-order chi connectivity index (χ1) is 12.0. The molecule has 1 fully saturated rings. The molecule has 0 aliphatic carbocycles. The van der Waals surface area contributed by atoms with Crippen LogP contribution in [0.3, 0.4) is 0 Å². The average Bonchev–Trinajstić information content (AvgIpc) is 2.30. The molecule has 0 spiro atoms. The largest absolute Gasteiger partial charge is 0.338 e. The number of hydrogen-bond acceptors (Lipinski definition) is 5. The van der Waals surface area contributed by atoms with E-state index in [0.717, 1.165) is 6.42 Å². The molecule has 0 aromatic carbocycles. The van der Waals surface area contributed by atoms with Crippen molar-refractivity contribution in [3.8, 4) is 0 Å². The van der Waals surface area contributed by atoms with E-state index in [2.05, 4.69) is 50.9 Å². The molecular weight excluding hydrogens is 378 g/mol. The van der Waals surface area contributed by atoms with Crippen LogP contribution in [-0.4, -0.2) is 50.6 Å². The maximum Gasteiger partial charge on any atom is 0.338 e. The first-order valence-electron chi connectivity index (χ1n) is 10.3. The second-order valence-corrected chi connectivity index (χ2v) is 14.8. The number of nitrogens with zero attached hydrogens (tertiary/aromatic N) is 2. The molecule has 0 saturated carbocycles. The maximum absolute atomic E-state index is 14.0. The fourth-order valence-electron chi connectivity index (χ4n) is 4.05. The molecule has 27 heavy (non-hydrogen) atoms. The van der Waals surface area contributed by atoms with Crippen molar-refractivity contribution in [2.45, 2.75) is 125 Å². The van der Waals surface area contributed by atoms with Crippen LogP contribution in [0.25, 0.3) is 0 Å². The molecule has 7 heteroatoms. The van der Waals surface area contributed by atoms with Crippen LogP contribution in [0.2, 0.25) is 0 Å². The Morgan fingerprint density at radius 2 is 1.22 bits per heavy atom. The second kappa shape index (κ2) is 9.11. The van der Waals surface area contributed by atoms with E-state index in [4.69, 9.17) is 9.05 Å². The van der Waals surface area contributed by atoms with Crippen LogP contribution in [0.15, 0.2) is 0 Å². The highest BCUT2D eigenvalue weighted by Gasteiger charge is 2.46. The fraction of sp³-hybridized carbons (Fsp3) is 1.00. The molecule has 1 heterocycles. The van der Waals surface area contributed by atoms with E-state index in [-0.39, 0.29) is 0 Å². The lowest BCUT2D eigenvalue weighted by Crippen LogP contribution is -2.51. The fourth-order valence-corrected chi connectivity index (χ4v) is 11.0. The van der Waals surface area contributed by atoms with Crippen LogP contribution in [0.1, 0.15) is 89.5 Å². The zero-order valence-corrected chi connectivity index (χ0v) is 21.5. The lowest BCUT2D eigenvalue weighted by atomic mass is 10.1. The van der Waals surface area contributed by atoms with Gasteiger partial charge in [0.25, 0.3) is 0 Å². The first-order valence-corrected chi connectivity index (χ1v) is 13.5. The van der Waals surface area contributed by atoms with Crippen molar-refractivity contribution in [1.29, 1.82) is 0 Å². The summed E-state index contributed by atoms with van der Waals surface area (Å²) in [6.07, 6.45) is 1.12. The molecule has 2 atom stereocenters. The van der Waals surface area contributed by atoms with Crippen molar-refractivity contribution < 1.29 is 13.6 Å². The van der Waals surface area contributed by atoms with Gasteiger partial charge < -0.3 is 9.05 Å². The van der Waals surface area contributed by atoms with Gasteiger partial charge in [-0.05, 0) is 89.5 Å². The first kappa shape index (κ1) is 25.5. The minimum absolute atomic E-state index is 0.387. The van der Waals surface area contributed by atoms with Crippen LogP contribution in [0.4, 0.5) is 0 Å². The summed E-state index contributed by atoms with van der Waals surface area (Å²) < 4.78 is 31.3. The third-order valence-corrected chi connectivity index (χ3v) is 11.1. The van der Waals surface area contributed by atoms with Gasteiger partial charge >= 0.3 is 7.60 Å². The van der Waals surface area contributed by atoms with E-state index >= 15 is 0 Å². The summed E-state index contributed by atoms with van der Waals surface area (Å²) in [6, 6.07) is 1.69. The topological polar surface area (TPSA) is 42.0 Å². The Morgan fingerprint density at radius 1 is 0.889 bits per heavy atom. The van der Waals surface area contributed by atoms with E-state index in [1.165, 1.54) is 0 Å². The van der Waals surface area contributed by atoms with Gasteiger partial charge in [0.05, 0.1) is 25.3 Å². The molecular formula is C20H44N2O3P2. The molecule has 1 rings (SSSR count). The molecule has 5 nitrogen and oxygen atoms in total. The van der Waals surface area contributed by atoms with Crippen LogP contribution in [0, 0.1) is 0 Å². The molecule has 0 bridgehead atoms. The zero-order chi connectivity index (χ0) is 21.4. The smallest absolute Gasteiger partial charge is 0.302 e. The summed E-state index contributed by atoms with van der Waals surface area (Å²) in [6.45, 7) is 25.2. The maximum atomic E-state index is 14.0. The molecule has 162 valence electrons. The highest BCUT2D eigenvalue weighted by atomic mass is 31.2. The highest BCUT2D eigenvalue weighted by Crippen LogP contribution is 2.67. The van der Waals surface area contributed by atoms with Crippen molar-refractivity contribution >= 4 is 15.8 Å². The van der Waals surface area contributed by atoms with Gasteiger partial charge in [-0.3, -0.25) is 13.9 Å². The Labute approximate surface area is 169 Å². The third-order valence-electron chi connectivity index (χ3n) is 4.30. The number of rotatable bonds is 6. The van der Waals surface area contributed by atoms with E-state index < -0.39 is 27.0 Å². The monoisotopic (exact) mass is 422 g/mol. The number of hydrogen-bond donors (Lipinski definition) is 0. The van der Waals surface area contributed by atoms with Crippen LogP contribution in [-0.2, 0) is 13.6 Å². The van der Waals surface area contributed by atoms with Crippen LogP contribution >= 0.6 is 15.8 Å². The predicted octanol–water partition coefficient (Wildman–Crippen LogP) is 6.68. The summed E-state index contributed by atoms with van der Waals surface area (Å²) in [5, 5.41) is 0. The van der Waals surface area contributed by atoms with Gasteiger partial charge in [0, 0.05) is 24.2 Å². The third kappa shape index (κ3) is 7.68. The van der Waals surface area contributed by atoms with Crippen molar-refractivity contribution in [1.82, 2.24) is 9.34 Å². The van der Waals surface area contributed by atoms with Crippen molar-refractivity contribution in [3.05, 3.63) is 0 Å². The molecule has 2 unspecified atom stereocenters. The minimum atomic E-state index is -3.29. The molecule has 1 saturated heterocycles. The van der Waals surface area contributed by atoms with Gasteiger partial charge in [-0.25, -0.2) is 0 Å². The van der Waals surface area contributed by atoms with Gasteiger partial charge in [0.1, 0.15) is 0 Å². The standard InChI is InChI=1S/C20H44N2O3P2/c1-15(2)21-17(5)13-18(6)22(16(3)4)26(21)14-27(23,24-19(7,8)9)25-20(10,11)12/h15-18H,13-14H2,1-12H3. The molecule has 0 aromatic heterocycles. The predicted molar refractivity (Wildman–Crippen MR) is 119 cm³/mol. The molecule has 0 N–H and O–H groups in total. The van der Waals surface area contributed by atoms with E-state index in [1.807, 2.05) is 41.5 Å². The minimum Gasteiger partial charge on any atom is -0.302 e. The van der Waals surface area contributed by atoms with Crippen molar-refractivity contribution in [2.24, 2.45) is 0 Å². The Balaban J connectivity index is 3.34. The zero-order valence-electron chi connectivity index (χ0n) is 19.7. The van der Waals surface area contributed by atoms with E-state index in [1.54, 1.807) is 0 Å². The summed E-state index contributed by atoms with van der Waals surface area (Å²) in [7, 11) is -4.09. The SMILES string of the molecule is CC(C)N1C(C)CC(C)N(C(C)C)P1CP(=O)(OC(C)(C)C)OC(C)(C)C. The van der Waals surface area contributed by atoms with Crippen LogP contribution < -0.4 is 0 Å². The van der Waals surface area contributed by atoms with Gasteiger partial charge in [-0.15, -0.1) is 0 Å². The van der Waals surface area contributed by atoms with Gasteiger partial charge in [0.2, 0.25) is 0 Å². The Kier molecular flexibility index (Phi) is 8.61. The van der Waals surface area contributed by atoms with Gasteiger partial charge in [-0.2, -0.15) is 0 Å². The second-order valence-electron chi connectivity index (χ2n) is 10.4. The van der Waals surface area contributed by atoms with E-state index in [9.17, 15) is 4.57 Å². The molecule has 0 amide bonds. The Morgan fingerprint density at radius 3 is 1.48 bits per heavy atom. The lowest BCUT2D eigenvalue weighted by Gasteiger charge is -2.54.